The van der Waals surface area contributed by atoms with E-state index in [-0.39, 0.29) is 10.6 Å². The highest BCUT2D eigenvalue weighted by molar-refractivity contribution is 9.10. The molecule has 0 radical (unpaired) electrons. The lowest BCUT2D eigenvalue weighted by Gasteiger charge is -2.31. The van der Waals surface area contributed by atoms with Crippen molar-refractivity contribution in [3.8, 4) is 0 Å². The molecule has 0 spiro atoms. The Morgan fingerprint density at radius 2 is 2.05 bits per heavy atom. The predicted octanol–water partition coefficient (Wildman–Crippen LogP) is 5.38. The van der Waals surface area contributed by atoms with Gasteiger partial charge in [-0.3, -0.25) is 10.1 Å². The van der Waals surface area contributed by atoms with Crippen molar-refractivity contribution in [1.29, 1.82) is 0 Å². The quantitative estimate of drug-likeness (QED) is 0.551. The van der Waals surface area contributed by atoms with Crippen LogP contribution in [0.5, 0.6) is 0 Å². The van der Waals surface area contributed by atoms with Crippen LogP contribution in [0.3, 0.4) is 0 Å². The van der Waals surface area contributed by atoms with Crippen LogP contribution in [-0.4, -0.2) is 11.5 Å². The molecule has 2 rings (SSSR count). The number of nitrogens with one attached hydrogen (secondary N) is 1. The smallest absolute Gasteiger partial charge is 0.292 e. The highest BCUT2D eigenvalue weighted by atomic mass is 79.9. The summed E-state index contributed by atoms with van der Waals surface area (Å²) in [4.78, 5) is 10.8. The van der Waals surface area contributed by atoms with E-state index in [1.54, 1.807) is 18.2 Å². The number of anilines is 1. The number of hydrogen-bond donors (Lipinski definition) is 1. The molecule has 0 saturated heterocycles. The predicted molar refractivity (Wildman–Crippen MR) is 89.6 cm³/mol. The first-order chi connectivity index (χ1) is 9.92. The Balaban J connectivity index is 2.14. The lowest BCUT2D eigenvalue weighted by Crippen LogP contribution is -2.28. The summed E-state index contributed by atoms with van der Waals surface area (Å²) in [5.74, 6) is 0.655. The van der Waals surface area contributed by atoms with Crippen molar-refractivity contribution in [2.45, 2.75) is 46.0 Å². The van der Waals surface area contributed by atoms with E-state index in [1.165, 1.54) is 32.1 Å². The lowest BCUT2D eigenvalue weighted by molar-refractivity contribution is -0.384. The zero-order chi connectivity index (χ0) is 15.5. The molecule has 1 aliphatic rings. The fourth-order valence-corrected chi connectivity index (χ4v) is 3.90. The van der Waals surface area contributed by atoms with E-state index in [1.807, 2.05) is 0 Å². The van der Waals surface area contributed by atoms with Gasteiger partial charge in [0.2, 0.25) is 0 Å². The van der Waals surface area contributed by atoms with Crippen molar-refractivity contribution in [3.05, 3.63) is 32.8 Å². The molecule has 5 heteroatoms. The molecule has 0 aromatic heterocycles. The molecule has 0 bridgehead atoms. The second kappa shape index (κ2) is 6.77. The minimum atomic E-state index is -0.321. The lowest BCUT2D eigenvalue weighted by atomic mass is 9.78. The average Bonchev–Trinajstić information content (AvgIpc) is 2.84. The third-order valence-corrected chi connectivity index (χ3v) is 4.81. The SMILES string of the molecule is CC(C)CC1(CNc2cc(Br)ccc2[N+](=O)[O-])CCCC1. The molecule has 0 atom stereocenters. The Kier molecular flexibility index (Phi) is 5.25. The van der Waals surface area contributed by atoms with Crippen molar-refractivity contribution < 1.29 is 4.92 Å². The zero-order valence-electron chi connectivity index (χ0n) is 12.7. The highest BCUT2D eigenvalue weighted by Crippen LogP contribution is 2.43. The Hall–Kier alpha value is -1.10. The van der Waals surface area contributed by atoms with Crippen molar-refractivity contribution >= 4 is 27.3 Å². The van der Waals surface area contributed by atoms with Gasteiger partial charge in [-0.1, -0.05) is 42.6 Å². The number of nitrogens with zero attached hydrogens (tertiary/aromatic N) is 1. The minimum Gasteiger partial charge on any atom is -0.379 e. The molecule has 1 aromatic rings. The summed E-state index contributed by atoms with van der Waals surface area (Å²) in [6.45, 7) is 5.33. The van der Waals surface area contributed by atoms with Gasteiger partial charge in [-0.25, -0.2) is 0 Å². The topological polar surface area (TPSA) is 55.2 Å². The van der Waals surface area contributed by atoms with Gasteiger partial charge in [0.15, 0.2) is 0 Å². The molecule has 21 heavy (non-hydrogen) atoms. The van der Waals surface area contributed by atoms with Crippen LogP contribution in [-0.2, 0) is 0 Å². The summed E-state index contributed by atoms with van der Waals surface area (Å²) in [6, 6.07) is 5.06. The van der Waals surface area contributed by atoms with E-state index in [0.29, 0.717) is 17.0 Å². The van der Waals surface area contributed by atoms with Crippen LogP contribution in [0.15, 0.2) is 22.7 Å². The second-order valence-corrected chi connectivity index (χ2v) is 7.49. The van der Waals surface area contributed by atoms with Crippen molar-refractivity contribution in [2.24, 2.45) is 11.3 Å². The van der Waals surface area contributed by atoms with Gasteiger partial charge in [0.1, 0.15) is 5.69 Å². The fraction of sp³-hybridized carbons (Fsp3) is 0.625. The van der Waals surface area contributed by atoms with E-state index in [4.69, 9.17) is 0 Å². The Bertz CT molecular complexity index is 511. The first-order valence-electron chi connectivity index (χ1n) is 7.60. The Morgan fingerprint density at radius 1 is 1.38 bits per heavy atom. The minimum absolute atomic E-state index is 0.149. The van der Waals surface area contributed by atoms with E-state index in [9.17, 15) is 10.1 Å². The first kappa shape index (κ1) is 16.3. The fourth-order valence-electron chi connectivity index (χ4n) is 3.54. The molecule has 4 nitrogen and oxygen atoms in total. The maximum Gasteiger partial charge on any atom is 0.292 e. The molecule has 1 aliphatic carbocycles. The van der Waals surface area contributed by atoms with Gasteiger partial charge in [0, 0.05) is 17.1 Å². The van der Waals surface area contributed by atoms with Gasteiger partial charge in [0.05, 0.1) is 4.92 Å². The molecule has 1 aromatic carbocycles. The highest BCUT2D eigenvalue weighted by Gasteiger charge is 2.34. The number of benzene rings is 1. The van der Waals surface area contributed by atoms with E-state index in [0.717, 1.165) is 11.0 Å². The van der Waals surface area contributed by atoms with Gasteiger partial charge >= 0.3 is 0 Å². The third kappa shape index (κ3) is 4.19. The molecular weight excluding hydrogens is 332 g/mol. The van der Waals surface area contributed by atoms with Crippen molar-refractivity contribution in [2.75, 3.05) is 11.9 Å². The number of halogens is 1. The van der Waals surface area contributed by atoms with Crippen LogP contribution < -0.4 is 5.32 Å². The van der Waals surface area contributed by atoms with Crippen LogP contribution in [0.4, 0.5) is 11.4 Å². The van der Waals surface area contributed by atoms with Gasteiger partial charge in [0.25, 0.3) is 5.69 Å². The van der Waals surface area contributed by atoms with E-state index < -0.39 is 0 Å². The third-order valence-electron chi connectivity index (χ3n) is 4.31. The molecule has 1 saturated carbocycles. The number of hydrogen-bond acceptors (Lipinski definition) is 3. The molecule has 1 N–H and O–H groups in total. The van der Waals surface area contributed by atoms with Gasteiger partial charge in [-0.15, -0.1) is 0 Å². The average molecular weight is 355 g/mol. The van der Waals surface area contributed by atoms with Crippen LogP contribution in [0.25, 0.3) is 0 Å². The van der Waals surface area contributed by atoms with Gasteiger partial charge in [-0.2, -0.15) is 0 Å². The number of nitro benzene ring substituents is 1. The van der Waals surface area contributed by atoms with E-state index >= 15 is 0 Å². The molecule has 0 heterocycles. The van der Waals surface area contributed by atoms with Crippen molar-refractivity contribution in [3.63, 3.8) is 0 Å². The summed E-state index contributed by atoms with van der Waals surface area (Å²) in [6.07, 6.45) is 6.17. The second-order valence-electron chi connectivity index (χ2n) is 6.58. The van der Waals surface area contributed by atoms with Crippen LogP contribution >= 0.6 is 15.9 Å². The van der Waals surface area contributed by atoms with E-state index in [2.05, 4.69) is 35.1 Å². The van der Waals surface area contributed by atoms with Crippen molar-refractivity contribution in [1.82, 2.24) is 0 Å². The molecule has 0 aliphatic heterocycles. The number of nitro groups is 1. The Morgan fingerprint density at radius 3 is 2.62 bits per heavy atom. The molecular formula is C16H23BrN2O2. The summed E-state index contributed by atoms with van der Waals surface area (Å²) < 4.78 is 0.861. The zero-order valence-corrected chi connectivity index (χ0v) is 14.3. The molecule has 1 fully saturated rings. The largest absolute Gasteiger partial charge is 0.379 e. The molecule has 116 valence electrons. The maximum atomic E-state index is 11.1. The van der Waals surface area contributed by atoms with Crippen LogP contribution in [0.1, 0.15) is 46.0 Å². The monoisotopic (exact) mass is 354 g/mol. The first-order valence-corrected chi connectivity index (χ1v) is 8.39. The summed E-state index contributed by atoms with van der Waals surface area (Å²) >= 11 is 3.39. The van der Waals surface area contributed by atoms with Crippen LogP contribution in [0.2, 0.25) is 0 Å². The summed E-state index contributed by atoms with van der Waals surface area (Å²) in [7, 11) is 0. The Labute approximate surface area is 134 Å². The maximum absolute atomic E-state index is 11.1. The normalized spacial score (nSPS) is 17.1. The number of rotatable bonds is 6. The van der Waals surface area contributed by atoms with Gasteiger partial charge < -0.3 is 5.32 Å². The summed E-state index contributed by atoms with van der Waals surface area (Å²) in [5.41, 5.74) is 1.06. The molecule has 0 amide bonds. The molecule has 0 unspecified atom stereocenters. The van der Waals surface area contributed by atoms with Gasteiger partial charge in [-0.05, 0) is 42.7 Å². The standard InChI is InChI=1S/C16H23BrN2O2/c1-12(2)10-16(7-3-4-8-16)11-18-14-9-13(17)5-6-15(14)19(20)21/h5-6,9,12,18H,3-4,7-8,10-11H2,1-2H3. The van der Waals surface area contributed by atoms with Crippen LogP contribution in [0, 0.1) is 21.4 Å². The summed E-state index contributed by atoms with van der Waals surface area (Å²) in [5, 5.41) is 14.5.